The van der Waals surface area contributed by atoms with Crippen molar-refractivity contribution in [2.75, 3.05) is 0 Å². The van der Waals surface area contributed by atoms with Gasteiger partial charge in [-0.15, -0.1) is 0 Å². The lowest BCUT2D eigenvalue weighted by Gasteiger charge is -2.05. The predicted octanol–water partition coefficient (Wildman–Crippen LogP) is 9.87. The average Bonchev–Trinajstić information content (AvgIpc) is 3.17. The van der Waals surface area contributed by atoms with E-state index in [2.05, 4.69) is 42.4 Å². The maximum absolute atomic E-state index is 2.53. The first kappa shape index (κ1) is 30.2. The van der Waals surface area contributed by atoms with E-state index in [-0.39, 0.29) is 0 Å². The average molecular weight is 462 g/mol. The Morgan fingerprint density at radius 1 is 0.515 bits per heavy atom. The zero-order valence-electron chi connectivity index (χ0n) is 23.2. The smallest absolute Gasteiger partial charge is 0.237 e. The van der Waals surface area contributed by atoms with Gasteiger partial charge < -0.3 is 0 Å². The van der Waals surface area contributed by atoms with Crippen molar-refractivity contribution in [3.05, 3.63) is 18.2 Å². The Hall–Kier alpha value is -0.790. The van der Waals surface area contributed by atoms with E-state index >= 15 is 0 Å². The maximum atomic E-state index is 2.53. The lowest BCUT2D eigenvalue weighted by molar-refractivity contribution is -0.678. The first-order valence-corrected chi connectivity index (χ1v) is 15.3. The van der Waals surface area contributed by atoms with Crippen LogP contribution in [0, 0.1) is 0 Å². The predicted molar refractivity (Wildman–Crippen MR) is 147 cm³/mol. The number of rotatable bonds is 25. The summed E-state index contributed by atoms with van der Waals surface area (Å²) in [6.07, 6.45) is 38.7. The highest BCUT2D eigenvalue weighted by Gasteiger charge is 2.13. The van der Waals surface area contributed by atoms with Crippen LogP contribution in [0.2, 0.25) is 0 Å². The summed E-state index contributed by atoms with van der Waals surface area (Å²) in [6, 6.07) is 0. The van der Waals surface area contributed by atoms with E-state index in [0.29, 0.717) is 0 Å². The fraction of sp³-hybridized carbons (Fsp3) is 0.903. The maximum Gasteiger partial charge on any atom is 0.256 e. The molecule has 33 heavy (non-hydrogen) atoms. The summed E-state index contributed by atoms with van der Waals surface area (Å²) in [5.74, 6) is 1.54. The van der Waals surface area contributed by atoms with Gasteiger partial charge in [-0.05, 0) is 19.3 Å². The molecule has 1 heterocycles. The van der Waals surface area contributed by atoms with Gasteiger partial charge >= 0.3 is 0 Å². The van der Waals surface area contributed by atoms with Gasteiger partial charge in [0.1, 0.15) is 12.4 Å². The number of nitrogens with zero attached hydrogens (tertiary/aromatic N) is 2. The van der Waals surface area contributed by atoms with Crippen LogP contribution in [-0.2, 0) is 20.0 Å². The molecule has 194 valence electrons. The quantitative estimate of drug-likeness (QED) is 0.101. The minimum atomic E-state index is 1.21. The molecule has 0 aromatic carbocycles. The highest BCUT2D eigenvalue weighted by molar-refractivity contribution is 4.84. The standard InChI is InChI=1S/C31H61N2/c1-4-6-8-10-12-14-16-17-19-21-23-25-27-31-32(3)29-30-33(31)28-26-24-22-20-18-15-13-11-9-7-5-2/h29-30H,4-28H2,1-3H3/q+1. The lowest BCUT2D eigenvalue weighted by atomic mass is 10.0. The van der Waals surface area contributed by atoms with Gasteiger partial charge in [0, 0.05) is 6.42 Å². The number of unbranched alkanes of at least 4 members (excludes halogenated alkanes) is 21. The Labute approximate surface area is 208 Å². The van der Waals surface area contributed by atoms with E-state index in [0.717, 1.165) is 0 Å². The van der Waals surface area contributed by atoms with Crippen molar-refractivity contribution >= 4 is 0 Å². The van der Waals surface area contributed by atoms with Crippen LogP contribution in [0.15, 0.2) is 12.4 Å². The van der Waals surface area contributed by atoms with Gasteiger partial charge in [-0.1, -0.05) is 142 Å². The van der Waals surface area contributed by atoms with Gasteiger partial charge in [-0.2, -0.15) is 0 Å². The molecule has 0 radical (unpaired) electrons. The Bertz CT molecular complexity index is 519. The zero-order chi connectivity index (χ0) is 23.8. The molecule has 0 aliphatic heterocycles. The number of aryl methyl sites for hydroxylation is 2. The summed E-state index contributed by atoms with van der Waals surface area (Å²) in [5.41, 5.74) is 0. The summed E-state index contributed by atoms with van der Waals surface area (Å²) >= 11 is 0. The molecule has 0 N–H and O–H groups in total. The summed E-state index contributed by atoms with van der Waals surface area (Å²) in [4.78, 5) is 0. The van der Waals surface area contributed by atoms with E-state index in [1.54, 1.807) is 0 Å². The minimum Gasteiger partial charge on any atom is -0.237 e. The summed E-state index contributed by atoms with van der Waals surface area (Å²) in [6.45, 7) is 5.82. The van der Waals surface area contributed by atoms with Crippen molar-refractivity contribution in [3.63, 3.8) is 0 Å². The second-order valence-electron chi connectivity index (χ2n) is 10.7. The molecule has 0 bridgehead atoms. The van der Waals surface area contributed by atoms with Gasteiger partial charge in [-0.3, -0.25) is 0 Å². The Morgan fingerprint density at radius 3 is 1.30 bits per heavy atom. The molecule has 0 amide bonds. The first-order chi connectivity index (χ1) is 16.3. The van der Waals surface area contributed by atoms with E-state index < -0.39 is 0 Å². The topological polar surface area (TPSA) is 8.81 Å². The molecule has 0 saturated carbocycles. The first-order valence-electron chi connectivity index (χ1n) is 15.3. The number of aromatic nitrogens is 2. The second kappa shape index (κ2) is 23.0. The fourth-order valence-electron chi connectivity index (χ4n) is 5.15. The molecule has 1 aromatic rings. The Kier molecular flexibility index (Phi) is 21.1. The molecular weight excluding hydrogens is 400 g/mol. The molecule has 0 aliphatic carbocycles. The molecule has 0 fully saturated rings. The third-order valence-corrected chi connectivity index (χ3v) is 7.47. The van der Waals surface area contributed by atoms with Crippen molar-refractivity contribution in [2.45, 2.75) is 174 Å². The van der Waals surface area contributed by atoms with Crippen LogP contribution in [0.4, 0.5) is 0 Å². The molecule has 0 unspecified atom stereocenters. The van der Waals surface area contributed by atoms with Crippen LogP contribution >= 0.6 is 0 Å². The Morgan fingerprint density at radius 2 is 0.879 bits per heavy atom. The van der Waals surface area contributed by atoms with Crippen LogP contribution in [0.5, 0.6) is 0 Å². The van der Waals surface area contributed by atoms with Crippen molar-refractivity contribution in [1.29, 1.82) is 0 Å². The van der Waals surface area contributed by atoms with Gasteiger partial charge in [-0.25, -0.2) is 9.13 Å². The summed E-state index contributed by atoms with van der Waals surface area (Å²) in [7, 11) is 2.23. The second-order valence-corrected chi connectivity index (χ2v) is 10.7. The van der Waals surface area contributed by atoms with E-state index in [9.17, 15) is 0 Å². The van der Waals surface area contributed by atoms with Crippen LogP contribution in [-0.4, -0.2) is 4.57 Å². The largest absolute Gasteiger partial charge is 0.256 e. The third kappa shape index (κ3) is 17.3. The summed E-state index contributed by atoms with van der Waals surface area (Å²) < 4.78 is 4.89. The number of hydrogen-bond donors (Lipinski definition) is 0. The van der Waals surface area contributed by atoms with E-state index in [4.69, 9.17) is 0 Å². The van der Waals surface area contributed by atoms with Gasteiger partial charge in [0.15, 0.2) is 0 Å². The fourth-order valence-corrected chi connectivity index (χ4v) is 5.15. The molecule has 1 aromatic heterocycles. The van der Waals surface area contributed by atoms with Gasteiger partial charge in [0.05, 0.1) is 13.6 Å². The van der Waals surface area contributed by atoms with E-state index in [1.807, 2.05) is 0 Å². The number of imidazole rings is 1. The monoisotopic (exact) mass is 461 g/mol. The van der Waals surface area contributed by atoms with Crippen LogP contribution in [0.3, 0.4) is 0 Å². The zero-order valence-corrected chi connectivity index (χ0v) is 23.2. The number of hydrogen-bond acceptors (Lipinski definition) is 0. The normalized spacial score (nSPS) is 11.5. The third-order valence-electron chi connectivity index (χ3n) is 7.47. The Balaban J connectivity index is 1.98. The van der Waals surface area contributed by atoms with Crippen LogP contribution in [0.25, 0.3) is 0 Å². The SMILES string of the molecule is CCCCCCCCCCCCCCc1n(CCCCCCCCCCCCC)cc[n+]1C. The highest BCUT2D eigenvalue weighted by atomic mass is 15.1. The van der Waals surface area contributed by atoms with Gasteiger partial charge in [0.25, 0.3) is 5.82 Å². The molecule has 2 heteroatoms. The molecule has 0 spiro atoms. The van der Waals surface area contributed by atoms with Crippen molar-refractivity contribution < 1.29 is 4.57 Å². The van der Waals surface area contributed by atoms with Crippen LogP contribution < -0.4 is 4.57 Å². The highest BCUT2D eigenvalue weighted by Crippen LogP contribution is 2.14. The summed E-state index contributed by atoms with van der Waals surface area (Å²) in [5, 5.41) is 0. The molecule has 0 saturated heterocycles. The lowest BCUT2D eigenvalue weighted by Crippen LogP contribution is -2.32. The van der Waals surface area contributed by atoms with Gasteiger partial charge in [0.2, 0.25) is 0 Å². The van der Waals surface area contributed by atoms with E-state index in [1.165, 1.54) is 166 Å². The minimum absolute atomic E-state index is 1.21. The van der Waals surface area contributed by atoms with Crippen molar-refractivity contribution in [3.8, 4) is 0 Å². The molecule has 0 aliphatic rings. The molecular formula is C31H61N2+. The van der Waals surface area contributed by atoms with Crippen molar-refractivity contribution in [1.82, 2.24) is 4.57 Å². The molecule has 0 atom stereocenters. The van der Waals surface area contributed by atoms with Crippen LogP contribution in [0.1, 0.15) is 167 Å². The van der Waals surface area contributed by atoms with Crippen molar-refractivity contribution in [2.24, 2.45) is 7.05 Å². The molecule has 2 nitrogen and oxygen atoms in total. The molecule has 1 rings (SSSR count).